The minimum absolute atomic E-state index is 0.0127. The maximum Gasteiger partial charge on any atom is 0.0955 e. The average molecular weight is 213 g/mol. The first-order chi connectivity index (χ1) is 7.11. The van der Waals surface area contributed by atoms with Crippen LogP contribution in [0.25, 0.3) is 0 Å². The zero-order valence-corrected chi connectivity index (χ0v) is 9.47. The third-order valence-electron chi connectivity index (χ3n) is 2.68. The summed E-state index contributed by atoms with van der Waals surface area (Å²) in [5.74, 6) is 0. The molecular formula is C10H19N3O2. The summed E-state index contributed by atoms with van der Waals surface area (Å²) in [7, 11) is 1.60. The van der Waals surface area contributed by atoms with Crippen molar-refractivity contribution >= 4 is 0 Å². The minimum Gasteiger partial charge on any atom is -0.394 e. The van der Waals surface area contributed by atoms with Crippen molar-refractivity contribution in [3.05, 3.63) is 17.7 Å². The minimum atomic E-state index is -0.229. The highest BCUT2D eigenvalue weighted by Crippen LogP contribution is 2.15. The first-order valence-electron chi connectivity index (χ1n) is 4.97. The van der Waals surface area contributed by atoms with Crippen molar-refractivity contribution in [1.82, 2.24) is 9.55 Å². The highest BCUT2D eigenvalue weighted by atomic mass is 16.5. The number of rotatable bonds is 5. The Morgan fingerprint density at radius 1 is 1.60 bits per heavy atom. The first-order valence-corrected chi connectivity index (χ1v) is 4.97. The van der Waals surface area contributed by atoms with Gasteiger partial charge in [-0.2, -0.15) is 0 Å². The number of nitrogens with zero attached hydrogens (tertiary/aromatic N) is 2. The SMILES string of the molecule is COCC(N)C(CO)n1cnc(C)c1C. The lowest BCUT2D eigenvalue weighted by molar-refractivity contribution is 0.129. The zero-order valence-electron chi connectivity index (χ0n) is 9.47. The first kappa shape index (κ1) is 12.2. The van der Waals surface area contributed by atoms with E-state index >= 15 is 0 Å². The van der Waals surface area contributed by atoms with Crippen molar-refractivity contribution in [2.75, 3.05) is 20.3 Å². The predicted octanol–water partition coefficient (Wildman–Crippen LogP) is 0.00704. The number of aliphatic hydroxyl groups is 1. The van der Waals surface area contributed by atoms with E-state index < -0.39 is 0 Å². The van der Waals surface area contributed by atoms with Gasteiger partial charge >= 0.3 is 0 Å². The molecule has 1 aromatic heterocycles. The third-order valence-corrected chi connectivity index (χ3v) is 2.68. The second-order valence-electron chi connectivity index (χ2n) is 3.69. The van der Waals surface area contributed by atoms with Crippen LogP contribution in [0, 0.1) is 13.8 Å². The molecule has 0 aromatic carbocycles. The molecule has 0 aliphatic rings. The molecule has 1 rings (SSSR count). The molecule has 0 saturated heterocycles. The molecule has 0 amide bonds. The second kappa shape index (κ2) is 5.25. The van der Waals surface area contributed by atoms with E-state index in [-0.39, 0.29) is 18.7 Å². The highest BCUT2D eigenvalue weighted by Gasteiger charge is 2.20. The molecule has 1 heterocycles. The van der Waals surface area contributed by atoms with Crippen LogP contribution in [0.1, 0.15) is 17.4 Å². The predicted molar refractivity (Wildman–Crippen MR) is 57.7 cm³/mol. The van der Waals surface area contributed by atoms with Gasteiger partial charge in [0.25, 0.3) is 0 Å². The fourth-order valence-corrected chi connectivity index (χ4v) is 1.58. The number of aliphatic hydroxyl groups excluding tert-OH is 1. The summed E-state index contributed by atoms with van der Waals surface area (Å²) in [6.45, 7) is 4.30. The smallest absolute Gasteiger partial charge is 0.0955 e. The van der Waals surface area contributed by atoms with E-state index in [1.165, 1.54) is 0 Å². The van der Waals surface area contributed by atoms with Gasteiger partial charge in [0, 0.05) is 12.8 Å². The molecule has 0 aliphatic carbocycles. The molecule has 1 aromatic rings. The number of methoxy groups -OCH3 is 1. The third kappa shape index (κ3) is 2.56. The van der Waals surface area contributed by atoms with Crippen LogP contribution < -0.4 is 5.73 Å². The Bertz CT molecular complexity index is 312. The Balaban J connectivity index is 2.87. The number of aromatic nitrogens is 2. The van der Waals surface area contributed by atoms with E-state index in [4.69, 9.17) is 10.5 Å². The lowest BCUT2D eigenvalue weighted by Gasteiger charge is -2.23. The number of imidazole rings is 1. The van der Waals surface area contributed by atoms with Crippen LogP contribution in [-0.4, -0.2) is 41.0 Å². The molecule has 5 nitrogen and oxygen atoms in total. The fourth-order valence-electron chi connectivity index (χ4n) is 1.58. The van der Waals surface area contributed by atoms with Crippen molar-refractivity contribution in [2.24, 2.45) is 5.73 Å². The molecule has 0 bridgehead atoms. The number of nitrogens with two attached hydrogens (primary N) is 1. The molecule has 0 spiro atoms. The number of hydrogen-bond donors (Lipinski definition) is 2. The van der Waals surface area contributed by atoms with Crippen LogP contribution in [0.2, 0.25) is 0 Å². The van der Waals surface area contributed by atoms with Crippen LogP contribution in [0.5, 0.6) is 0 Å². The lowest BCUT2D eigenvalue weighted by Crippen LogP contribution is -2.38. The summed E-state index contributed by atoms with van der Waals surface area (Å²) < 4.78 is 6.89. The molecule has 0 aliphatic heterocycles. The normalized spacial score (nSPS) is 15.3. The second-order valence-corrected chi connectivity index (χ2v) is 3.69. The van der Waals surface area contributed by atoms with Gasteiger partial charge in [0.05, 0.1) is 37.3 Å². The van der Waals surface area contributed by atoms with Crippen molar-refractivity contribution < 1.29 is 9.84 Å². The fraction of sp³-hybridized carbons (Fsp3) is 0.700. The van der Waals surface area contributed by atoms with Gasteiger partial charge in [-0.15, -0.1) is 0 Å². The largest absolute Gasteiger partial charge is 0.394 e. The Hall–Kier alpha value is -0.910. The molecule has 3 N–H and O–H groups in total. The molecule has 0 fully saturated rings. The zero-order chi connectivity index (χ0) is 11.4. The molecular weight excluding hydrogens is 194 g/mol. The van der Waals surface area contributed by atoms with Crippen LogP contribution in [-0.2, 0) is 4.74 Å². The molecule has 2 unspecified atom stereocenters. The molecule has 0 radical (unpaired) electrons. The van der Waals surface area contributed by atoms with Gasteiger partial charge in [-0.05, 0) is 13.8 Å². The quantitative estimate of drug-likeness (QED) is 0.722. The standard InChI is InChI=1S/C10H19N3O2/c1-7-8(2)13(6-12-7)10(4-14)9(11)5-15-3/h6,9-10,14H,4-5,11H2,1-3H3. The highest BCUT2D eigenvalue weighted by molar-refractivity contribution is 5.10. The Kier molecular flexibility index (Phi) is 4.26. The van der Waals surface area contributed by atoms with E-state index in [0.29, 0.717) is 6.61 Å². The van der Waals surface area contributed by atoms with Crippen LogP contribution in [0.3, 0.4) is 0 Å². The van der Waals surface area contributed by atoms with Gasteiger partial charge in [0.1, 0.15) is 0 Å². The summed E-state index contributed by atoms with van der Waals surface area (Å²) in [4.78, 5) is 4.18. The molecule has 0 saturated carbocycles. The Labute approximate surface area is 89.9 Å². The van der Waals surface area contributed by atoms with Gasteiger partial charge < -0.3 is 20.1 Å². The van der Waals surface area contributed by atoms with Crippen LogP contribution in [0.15, 0.2) is 6.33 Å². The van der Waals surface area contributed by atoms with Gasteiger partial charge in [-0.25, -0.2) is 4.98 Å². The van der Waals surface area contributed by atoms with Crippen molar-refractivity contribution in [3.63, 3.8) is 0 Å². The van der Waals surface area contributed by atoms with Crippen molar-refractivity contribution in [3.8, 4) is 0 Å². The van der Waals surface area contributed by atoms with E-state index in [1.807, 2.05) is 18.4 Å². The molecule has 15 heavy (non-hydrogen) atoms. The van der Waals surface area contributed by atoms with Gasteiger partial charge in [0.2, 0.25) is 0 Å². The maximum absolute atomic E-state index is 9.33. The summed E-state index contributed by atoms with van der Waals surface area (Å²) in [5.41, 5.74) is 7.90. The molecule has 86 valence electrons. The monoisotopic (exact) mass is 213 g/mol. The number of ether oxygens (including phenoxy) is 1. The summed E-state index contributed by atoms with van der Waals surface area (Å²) in [6.07, 6.45) is 1.71. The van der Waals surface area contributed by atoms with Crippen LogP contribution >= 0.6 is 0 Å². The van der Waals surface area contributed by atoms with Gasteiger partial charge in [0.15, 0.2) is 0 Å². The van der Waals surface area contributed by atoms with E-state index in [1.54, 1.807) is 13.4 Å². The number of aryl methyl sites for hydroxylation is 1. The number of hydrogen-bond acceptors (Lipinski definition) is 4. The summed E-state index contributed by atoms with van der Waals surface area (Å²) in [5, 5.41) is 9.33. The average Bonchev–Trinajstić information content (AvgIpc) is 2.51. The molecule has 2 atom stereocenters. The van der Waals surface area contributed by atoms with E-state index in [0.717, 1.165) is 11.4 Å². The summed E-state index contributed by atoms with van der Waals surface area (Å²) in [6, 6.07) is -0.404. The van der Waals surface area contributed by atoms with Crippen LogP contribution in [0.4, 0.5) is 0 Å². The topological polar surface area (TPSA) is 73.3 Å². The van der Waals surface area contributed by atoms with Crippen molar-refractivity contribution in [2.45, 2.75) is 25.9 Å². The Morgan fingerprint density at radius 3 is 2.67 bits per heavy atom. The Morgan fingerprint density at radius 2 is 2.27 bits per heavy atom. The lowest BCUT2D eigenvalue weighted by atomic mass is 10.1. The van der Waals surface area contributed by atoms with E-state index in [9.17, 15) is 5.11 Å². The van der Waals surface area contributed by atoms with Crippen molar-refractivity contribution in [1.29, 1.82) is 0 Å². The van der Waals surface area contributed by atoms with E-state index in [2.05, 4.69) is 4.98 Å². The summed E-state index contributed by atoms with van der Waals surface area (Å²) >= 11 is 0. The maximum atomic E-state index is 9.33. The van der Waals surface area contributed by atoms with Gasteiger partial charge in [-0.1, -0.05) is 0 Å². The molecule has 5 heteroatoms. The van der Waals surface area contributed by atoms with Gasteiger partial charge in [-0.3, -0.25) is 0 Å².